The molecular formula is C9H12S3. The fourth-order valence-corrected chi connectivity index (χ4v) is 2.79. The molecule has 0 amide bonds. The van der Waals surface area contributed by atoms with Gasteiger partial charge in [-0.1, -0.05) is 0 Å². The van der Waals surface area contributed by atoms with Gasteiger partial charge in [-0.3, -0.25) is 0 Å². The summed E-state index contributed by atoms with van der Waals surface area (Å²) in [5.74, 6) is 0. The topological polar surface area (TPSA) is 0 Å². The van der Waals surface area contributed by atoms with Gasteiger partial charge in [-0.25, -0.2) is 0 Å². The average Bonchev–Trinajstić information content (AvgIpc) is 1.82. The van der Waals surface area contributed by atoms with Crippen LogP contribution in [0.4, 0.5) is 0 Å². The number of thiol groups is 3. The normalized spacial score (nSPS) is 13.1. The molecule has 0 aromatic heterocycles. The van der Waals surface area contributed by atoms with Gasteiger partial charge in [-0.15, -0.1) is 25.3 Å². The van der Waals surface area contributed by atoms with Crippen molar-refractivity contribution < 1.29 is 0 Å². The highest BCUT2D eigenvalue weighted by molar-refractivity contribution is 7.82. The Kier molecular flexibility index (Phi) is 3.44. The van der Waals surface area contributed by atoms with Crippen LogP contribution in [0.3, 0.4) is 0 Å². The standard InChI is InChI=1S/C9H12S3/c1-5-3-7(11)9(6(2)10)8(12)4-5/h3-4,6,10-12H,1-2H3. The zero-order valence-electron chi connectivity index (χ0n) is 7.07. The predicted molar refractivity (Wildman–Crippen MR) is 63.1 cm³/mol. The van der Waals surface area contributed by atoms with E-state index < -0.39 is 0 Å². The third-order valence-electron chi connectivity index (χ3n) is 1.70. The Morgan fingerprint density at radius 1 is 1.17 bits per heavy atom. The molecule has 0 heterocycles. The molecule has 0 saturated heterocycles. The summed E-state index contributed by atoms with van der Waals surface area (Å²) in [6.07, 6.45) is 0. The summed E-state index contributed by atoms with van der Waals surface area (Å²) < 4.78 is 0. The molecule has 1 unspecified atom stereocenters. The van der Waals surface area contributed by atoms with Crippen LogP contribution in [0.2, 0.25) is 0 Å². The smallest absolute Gasteiger partial charge is 0.0260 e. The van der Waals surface area contributed by atoms with E-state index in [0.29, 0.717) is 0 Å². The summed E-state index contributed by atoms with van der Waals surface area (Å²) in [7, 11) is 0. The maximum Gasteiger partial charge on any atom is 0.0260 e. The quantitative estimate of drug-likeness (QED) is 0.587. The molecule has 66 valence electrons. The lowest BCUT2D eigenvalue weighted by molar-refractivity contribution is 1.00. The van der Waals surface area contributed by atoms with Gasteiger partial charge in [0.15, 0.2) is 0 Å². The largest absolute Gasteiger partial charge is 0.171 e. The molecule has 0 aliphatic rings. The van der Waals surface area contributed by atoms with E-state index in [0.717, 1.165) is 15.4 Å². The summed E-state index contributed by atoms with van der Waals surface area (Å²) in [4.78, 5) is 1.95. The lowest BCUT2D eigenvalue weighted by Crippen LogP contribution is -1.90. The Hall–Kier alpha value is 0.270. The zero-order valence-corrected chi connectivity index (χ0v) is 9.76. The van der Waals surface area contributed by atoms with E-state index in [1.165, 1.54) is 5.56 Å². The summed E-state index contributed by atoms with van der Waals surface area (Å²) >= 11 is 13.1. The van der Waals surface area contributed by atoms with Crippen molar-refractivity contribution in [3.05, 3.63) is 23.3 Å². The Morgan fingerprint density at radius 2 is 1.58 bits per heavy atom. The second-order valence-electron chi connectivity index (χ2n) is 2.89. The van der Waals surface area contributed by atoms with Crippen LogP contribution in [-0.4, -0.2) is 0 Å². The molecule has 0 radical (unpaired) electrons. The number of benzene rings is 1. The van der Waals surface area contributed by atoms with Crippen molar-refractivity contribution in [2.45, 2.75) is 28.9 Å². The molecule has 0 fully saturated rings. The van der Waals surface area contributed by atoms with Crippen molar-refractivity contribution >= 4 is 37.9 Å². The Morgan fingerprint density at radius 3 is 1.92 bits per heavy atom. The highest BCUT2D eigenvalue weighted by Crippen LogP contribution is 2.32. The van der Waals surface area contributed by atoms with Crippen molar-refractivity contribution in [3.63, 3.8) is 0 Å². The molecular weight excluding hydrogens is 204 g/mol. The van der Waals surface area contributed by atoms with E-state index in [9.17, 15) is 0 Å². The van der Waals surface area contributed by atoms with E-state index in [2.05, 4.69) is 37.9 Å². The summed E-state index contributed by atoms with van der Waals surface area (Å²) in [5, 5.41) is 0.186. The van der Waals surface area contributed by atoms with Gasteiger partial charge in [-0.05, 0) is 37.1 Å². The first kappa shape index (κ1) is 10.4. The minimum Gasteiger partial charge on any atom is -0.171 e. The fraction of sp³-hybridized carbons (Fsp3) is 0.333. The van der Waals surface area contributed by atoms with E-state index in [1.54, 1.807) is 0 Å². The monoisotopic (exact) mass is 216 g/mol. The van der Waals surface area contributed by atoms with Gasteiger partial charge >= 0.3 is 0 Å². The van der Waals surface area contributed by atoms with Crippen LogP contribution >= 0.6 is 37.9 Å². The predicted octanol–water partition coefficient (Wildman–Crippen LogP) is 3.56. The van der Waals surface area contributed by atoms with Crippen LogP contribution in [0.25, 0.3) is 0 Å². The fourth-order valence-electron chi connectivity index (χ4n) is 1.19. The second kappa shape index (κ2) is 3.99. The third-order valence-corrected chi connectivity index (χ3v) is 2.70. The Balaban J connectivity index is 3.28. The second-order valence-corrected chi connectivity index (χ2v) is 4.63. The maximum atomic E-state index is 4.38. The van der Waals surface area contributed by atoms with Gasteiger partial charge in [0, 0.05) is 15.0 Å². The minimum atomic E-state index is 0.186. The molecule has 1 aromatic carbocycles. The van der Waals surface area contributed by atoms with Crippen LogP contribution in [-0.2, 0) is 0 Å². The molecule has 1 atom stereocenters. The van der Waals surface area contributed by atoms with Gasteiger partial charge in [-0.2, -0.15) is 12.6 Å². The molecule has 1 rings (SSSR count). The number of hydrogen-bond acceptors (Lipinski definition) is 3. The number of rotatable bonds is 1. The molecule has 3 heteroatoms. The van der Waals surface area contributed by atoms with Crippen molar-refractivity contribution in [2.75, 3.05) is 0 Å². The van der Waals surface area contributed by atoms with Crippen molar-refractivity contribution in [3.8, 4) is 0 Å². The van der Waals surface area contributed by atoms with Gasteiger partial charge in [0.05, 0.1) is 0 Å². The number of aryl methyl sites for hydroxylation is 1. The van der Waals surface area contributed by atoms with Gasteiger partial charge < -0.3 is 0 Å². The third kappa shape index (κ3) is 2.15. The van der Waals surface area contributed by atoms with E-state index in [1.807, 2.05) is 26.0 Å². The van der Waals surface area contributed by atoms with Crippen molar-refractivity contribution in [1.82, 2.24) is 0 Å². The Labute approximate surface area is 90.0 Å². The molecule has 1 aromatic rings. The number of hydrogen-bond donors (Lipinski definition) is 3. The van der Waals surface area contributed by atoms with Gasteiger partial charge in [0.2, 0.25) is 0 Å². The first-order valence-corrected chi connectivity index (χ1v) is 5.14. The van der Waals surface area contributed by atoms with Crippen LogP contribution < -0.4 is 0 Å². The van der Waals surface area contributed by atoms with E-state index in [4.69, 9.17) is 0 Å². The van der Waals surface area contributed by atoms with E-state index >= 15 is 0 Å². The molecule has 0 saturated carbocycles. The van der Waals surface area contributed by atoms with Gasteiger partial charge in [0.1, 0.15) is 0 Å². The molecule has 12 heavy (non-hydrogen) atoms. The van der Waals surface area contributed by atoms with Crippen molar-refractivity contribution in [1.29, 1.82) is 0 Å². The maximum absolute atomic E-state index is 4.38. The van der Waals surface area contributed by atoms with Crippen LogP contribution in [0, 0.1) is 6.92 Å². The molecule has 0 N–H and O–H groups in total. The lowest BCUT2D eigenvalue weighted by Gasteiger charge is -2.12. The summed E-state index contributed by atoms with van der Waals surface area (Å²) in [6.45, 7) is 4.06. The lowest BCUT2D eigenvalue weighted by atomic mass is 10.1. The highest BCUT2D eigenvalue weighted by Gasteiger charge is 2.08. The molecule has 0 aliphatic heterocycles. The highest BCUT2D eigenvalue weighted by atomic mass is 32.1. The molecule has 0 aliphatic carbocycles. The van der Waals surface area contributed by atoms with E-state index in [-0.39, 0.29) is 5.25 Å². The SMILES string of the molecule is Cc1cc(S)c(C(C)S)c(S)c1. The molecule has 0 nitrogen and oxygen atoms in total. The first-order chi connectivity index (χ1) is 5.52. The van der Waals surface area contributed by atoms with Crippen LogP contribution in [0.5, 0.6) is 0 Å². The summed E-state index contributed by atoms with van der Waals surface area (Å²) in [5.41, 5.74) is 2.29. The van der Waals surface area contributed by atoms with Gasteiger partial charge in [0.25, 0.3) is 0 Å². The summed E-state index contributed by atoms with van der Waals surface area (Å²) in [6, 6.07) is 4.07. The Bertz CT molecular complexity index is 269. The van der Waals surface area contributed by atoms with Crippen LogP contribution in [0.15, 0.2) is 21.9 Å². The molecule has 0 spiro atoms. The van der Waals surface area contributed by atoms with Crippen molar-refractivity contribution in [2.24, 2.45) is 0 Å². The van der Waals surface area contributed by atoms with Crippen LogP contribution in [0.1, 0.15) is 23.3 Å². The zero-order chi connectivity index (χ0) is 9.30. The first-order valence-electron chi connectivity index (χ1n) is 3.73. The minimum absolute atomic E-state index is 0.186. The average molecular weight is 216 g/mol. The molecule has 0 bridgehead atoms.